The van der Waals surface area contributed by atoms with Crippen LogP contribution in [0.4, 0.5) is 0 Å². The van der Waals surface area contributed by atoms with Crippen molar-refractivity contribution < 1.29 is 14.3 Å². The van der Waals surface area contributed by atoms with E-state index >= 15 is 0 Å². The van der Waals surface area contributed by atoms with E-state index in [1.165, 1.54) is 0 Å². The lowest BCUT2D eigenvalue weighted by Crippen LogP contribution is -2.43. The first-order valence-corrected chi connectivity index (χ1v) is 4.92. The Morgan fingerprint density at radius 1 is 1.20 bits per heavy atom. The van der Waals surface area contributed by atoms with E-state index in [0.717, 1.165) is 0 Å². The fourth-order valence-electron chi connectivity index (χ4n) is 0.963. The molecule has 88 valence electrons. The molecule has 0 aliphatic heterocycles. The first kappa shape index (κ1) is 13.9. The Hall–Kier alpha value is -1.10. The quantitative estimate of drug-likeness (QED) is 0.504. The van der Waals surface area contributed by atoms with Gasteiger partial charge in [-0.15, -0.1) is 0 Å². The van der Waals surface area contributed by atoms with Gasteiger partial charge in [0.2, 0.25) is 11.8 Å². The summed E-state index contributed by atoms with van der Waals surface area (Å²) in [5, 5.41) is 5.28. The van der Waals surface area contributed by atoms with Crippen LogP contribution in [0.15, 0.2) is 0 Å². The van der Waals surface area contributed by atoms with Crippen LogP contribution < -0.4 is 10.6 Å². The summed E-state index contributed by atoms with van der Waals surface area (Å²) in [7, 11) is 1.55. The second-order valence-electron chi connectivity index (χ2n) is 4.32. The summed E-state index contributed by atoms with van der Waals surface area (Å²) in [6.07, 6.45) is -0.138. The molecule has 0 heterocycles. The van der Waals surface area contributed by atoms with Crippen molar-refractivity contribution in [3.05, 3.63) is 0 Å². The van der Waals surface area contributed by atoms with Gasteiger partial charge in [0.1, 0.15) is 6.42 Å². The molecule has 0 aromatic carbocycles. The van der Waals surface area contributed by atoms with Crippen molar-refractivity contribution in [3.63, 3.8) is 0 Å². The molecule has 0 aromatic heterocycles. The lowest BCUT2D eigenvalue weighted by Gasteiger charge is -2.20. The van der Waals surface area contributed by atoms with Crippen LogP contribution in [0, 0.1) is 0 Å². The molecule has 5 nitrogen and oxygen atoms in total. The zero-order valence-corrected chi connectivity index (χ0v) is 9.85. The molecule has 0 radical (unpaired) electrons. The molecule has 0 saturated carbocycles. The SMILES string of the molecule is COCCNC(=O)CC(=O)NC(C)(C)C. The first-order valence-electron chi connectivity index (χ1n) is 4.92. The maximum absolute atomic E-state index is 11.3. The number of amides is 2. The Kier molecular flexibility index (Phi) is 5.93. The van der Waals surface area contributed by atoms with Crippen LogP contribution in [0.3, 0.4) is 0 Å². The average molecular weight is 216 g/mol. The molecular formula is C10H20N2O3. The molecule has 0 unspecified atom stereocenters. The molecule has 15 heavy (non-hydrogen) atoms. The molecule has 0 aromatic rings. The highest BCUT2D eigenvalue weighted by molar-refractivity contribution is 5.97. The minimum absolute atomic E-state index is 0.138. The third-order valence-corrected chi connectivity index (χ3v) is 1.46. The Labute approximate surface area is 90.6 Å². The number of rotatable bonds is 5. The predicted molar refractivity (Wildman–Crippen MR) is 57.4 cm³/mol. The lowest BCUT2D eigenvalue weighted by atomic mass is 10.1. The molecule has 2 amide bonds. The number of carbonyl (C=O) groups excluding carboxylic acids is 2. The van der Waals surface area contributed by atoms with E-state index < -0.39 is 0 Å². The third kappa shape index (κ3) is 9.21. The van der Waals surface area contributed by atoms with E-state index in [1.54, 1.807) is 7.11 Å². The van der Waals surface area contributed by atoms with E-state index in [-0.39, 0.29) is 23.8 Å². The van der Waals surface area contributed by atoms with Crippen molar-refractivity contribution in [2.75, 3.05) is 20.3 Å². The summed E-state index contributed by atoms with van der Waals surface area (Å²) in [6.45, 7) is 6.49. The highest BCUT2D eigenvalue weighted by Gasteiger charge is 2.15. The van der Waals surface area contributed by atoms with Crippen LogP contribution in [0.1, 0.15) is 27.2 Å². The fourth-order valence-corrected chi connectivity index (χ4v) is 0.963. The lowest BCUT2D eigenvalue weighted by molar-refractivity contribution is -0.130. The van der Waals surface area contributed by atoms with Crippen LogP contribution in [0.2, 0.25) is 0 Å². The average Bonchev–Trinajstić information content (AvgIpc) is 2.00. The van der Waals surface area contributed by atoms with Gasteiger partial charge in [0.25, 0.3) is 0 Å². The molecule has 5 heteroatoms. The zero-order valence-electron chi connectivity index (χ0n) is 9.85. The number of nitrogens with one attached hydrogen (secondary N) is 2. The van der Waals surface area contributed by atoms with E-state index in [2.05, 4.69) is 10.6 Å². The van der Waals surface area contributed by atoms with Crippen molar-refractivity contribution in [2.45, 2.75) is 32.7 Å². The number of hydrogen-bond donors (Lipinski definition) is 2. The maximum atomic E-state index is 11.3. The van der Waals surface area contributed by atoms with E-state index in [4.69, 9.17) is 4.74 Å². The minimum Gasteiger partial charge on any atom is -0.383 e. The van der Waals surface area contributed by atoms with Gasteiger partial charge in [0, 0.05) is 19.2 Å². The van der Waals surface area contributed by atoms with Crippen molar-refractivity contribution in [1.29, 1.82) is 0 Å². The van der Waals surface area contributed by atoms with Gasteiger partial charge in [0.05, 0.1) is 6.61 Å². The summed E-state index contributed by atoms with van der Waals surface area (Å²) < 4.78 is 4.76. The van der Waals surface area contributed by atoms with Gasteiger partial charge in [0.15, 0.2) is 0 Å². The molecule has 0 saturated heterocycles. The minimum atomic E-state index is -0.302. The van der Waals surface area contributed by atoms with Crippen LogP contribution in [-0.4, -0.2) is 37.6 Å². The standard InChI is InChI=1S/C10H20N2O3/c1-10(2,3)12-9(14)7-8(13)11-5-6-15-4/h5-7H2,1-4H3,(H,11,13)(H,12,14). The first-order chi connectivity index (χ1) is 6.85. The van der Waals surface area contributed by atoms with Gasteiger partial charge in [-0.3, -0.25) is 9.59 Å². The Bertz CT molecular complexity index is 221. The summed E-state index contributed by atoms with van der Waals surface area (Å²) >= 11 is 0. The molecule has 0 spiro atoms. The van der Waals surface area contributed by atoms with Crippen molar-refractivity contribution >= 4 is 11.8 Å². The molecule has 0 bridgehead atoms. The van der Waals surface area contributed by atoms with Gasteiger partial charge in [-0.05, 0) is 20.8 Å². The highest BCUT2D eigenvalue weighted by Crippen LogP contribution is 1.98. The zero-order chi connectivity index (χ0) is 11.9. The fraction of sp³-hybridized carbons (Fsp3) is 0.800. The smallest absolute Gasteiger partial charge is 0.229 e. The van der Waals surface area contributed by atoms with E-state index in [9.17, 15) is 9.59 Å². The van der Waals surface area contributed by atoms with Crippen molar-refractivity contribution in [1.82, 2.24) is 10.6 Å². The van der Waals surface area contributed by atoms with Crippen molar-refractivity contribution in [2.24, 2.45) is 0 Å². The number of carbonyl (C=O) groups is 2. The molecule has 0 fully saturated rings. The maximum Gasteiger partial charge on any atom is 0.229 e. The number of ether oxygens (including phenoxy) is 1. The van der Waals surface area contributed by atoms with E-state index in [0.29, 0.717) is 13.2 Å². The number of hydrogen-bond acceptors (Lipinski definition) is 3. The van der Waals surface area contributed by atoms with Crippen molar-refractivity contribution in [3.8, 4) is 0 Å². The molecule has 0 rings (SSSR count). The normalized spacial score (nSPS) is 10.9. The van der Waals surface area contributed by atoms with Gasteiger partial charge >= 0.3 is 0 Å². The summed E-state index contributed by atoms with van der Waals surface area (Å²) in [4.78, 5) is 22.5. The van der Waals surface area contributed by atoms with Crippen LogP contribution in [0.25, 0.3) is 0 Å². The van der Waals surface area contributed by atoms with Gasteiger partial charge in [-0.1, -0.05) is 0 Å². The van der Waals surface area contributed by atoms with E-state index in [1.807, 2.05) is 20.8 Å². The highest BCUT2D eigenvalue weighted by atomic mass is 16.5. The third-order valence-electron chi connectivity index (χ3n) is 1.46. The number of methoxy groups -OCH3 is 1. The van der Waals surface area contributed by atoms with Crippen LogP contribution in [0.5, 0.6) is 0 Å². The second-order valence-corrected chi connectivity index (χ2v) is 4.32. The molecule has 0 aliphatic carbocycles. The van der Waals surface area contributed by atoms with Gasteiger partial charge < -0.3 is 15.4 Å². The largest absolute Gasteiger partial charge is 0.383 e. The topological polar surface area (TPSA) is 67.4 Å². The second kappa shape index (κ2) is 6.40. The Morgan fingerprint density at radius 2 is 1.80 bits per heavy atom. The van der Waals surface area contributed by atoms with Gasteiger partial charge in [-0.2, -0.15) is 0 Å². The molecular weight excluding hydrogens is 196 g/mol. The Balaban J connectivity index is 3.72. The summed E-state index contributed by atoms with van der Waals surface area (Å²) in [5.41, 5.74) is -0.302. The van der Waals surface area contributed by atoms with Crippen LogP contribution >= 0.6 is 0 Å². The summed E-state index contributed by atoms with van der Waals surface area (Å²) in [5.74, 6) is -0.550. The summed E-state index contributed by atoms with van der Waals surface area (Å²) in [6, 6.07) is 0. The molecule has 2 N–H and O–H groups in total. The monoisotopic (exact) mass is 216 g/mol. The predicted octanol–water partition coefficient (Wildman–Crippen LogP) is 0.0538. The molecule has 0 atom stereocenters. The van der Waals surface area contributed by atoms with Gasteiger partial charge in [-0.25, -0.2) is 0 Å². The molecule has 0 aliphatic rings. The Morgan fingerprint density at radius 3 is 2.27 bits per heavy atom. The van der Waals surface area contributed by atoms with Crippen LogP contribution in [-0.2, 0) is 14.3 Å².